The molecule has 0 unspecified atom stereocenters. The van der Waals surface area contributed by atoms with Crippen molar-refractivity contribution in [2.24, 2.45) is 0 Å². The summed E-state index contributed by atoms with van der Waals surface area (Å²) in [6.45, 7) is 3.32. The van der Waals surface area contributed by atoms with Crippen molar-refractivity contribution in [3.8, 4) is 17.0 Å². The van der Waals surface area contributed by atoms with Gasteiger partial charge in [-0.05, 0) is 62.9 Å². The lowest BCUT2D eigenvalue weighted by Crippen LogP contribution is -2.66. The Morgan fingerprint density at radius 3 is 2.50 bits per heavy atom. The standard InChI is InChI=1S/C28H38N4O4/c1-28(27(34)29-21-9-6-4-3-5-7-10-21)19-32-25(26(33)31(28)18-23-11-8-16-36-23)17-24(30-32)20-12-14-22(35-2)15-13-20/h12-15,17,21,23H,3-11,16,18-19H2,1-2H3,(H,29,34)/t23-,28+/m0/s1. The van der Waals surface area contributed by atoms with Crippen LogP contribution in [0.15, 0.2) is 30.3 Å². The summed E-state index contributed by atoms with van der Waals surface area (Å²) in [4.78, 5) is 29.5. The number of hydrogen-bond acceptors (Lipinski definition) is 5. The number of rotatable bonds is 6. The van der Waals surface area contributed by atoms with E-state index in [2.05, 4.69) is 5.32 Å². The zero-order valence-electron chi connectivity index (χ0n) is 21.5. The normalized spacial score (nSPS) is 25.2. The van der Waals surface area contributed by atoms with Crippen LogP contribution >= 0.6 is 0 Å². The minimum Gasteiger partial charge on any atom is -0.497 e. The van der Waals surface area contributed by atoms with Crippen LogP contribution in [0.25, 0.3) is 11.3 Å². The van der Waals surface area contributed by atoms with Crippen molar-refractivity contribution in [2.45, 2.75) is 88.9 Å². The third-order valence-electron chi connectivity index (χ3n) is 8.02. The molecule has 1 N–H and O–H groups in total. The van der Waals surface area contributed by atoms with Crippen LogP contribution in [-0.2, 0) is 16.1 Å². The SMILES string of the molecule is COc1ccc(-c2cc3n(n2)C[C@](C)(C(=O)NC2CCCCCCC2)N(C[C@@H]2CCCO2)C3=O)cc1. The molecule has 194 valence electrons. The van der Waals surface area contributed by atoms with Crippen LogP contribution in [0.4, 0.5) is 0 Å². The zero-order valence-corrected chi connectivity index (χ0v) is 21.5. The van der Waals surface area contributed by atoms with Crippen molar-refractivity contribution < 1.29 is 19.1 Å². The fourth-order valence-corrected chi connectivity index (χ4v) is 5.76. The smallest absolute Gasteiger partial charge is 0.273 e. The number of fused-ring (bicyclic) bond motifs is 1. The summed E-state index contributed by atoms with van der Waals surface area (Å²) in [5.41, 5.74) is 1.08. The van der Waals surface area contributed by atoms with E-state index in [1.165, 1.54) is 19.3 Å². The summed E-state index contributed by atoms with van der Waals surface area (Å²) >= 11 is 0. The van der Waals surface area contributed by atoms with Gasteiger partial charge >= 0.3 is 0 Å². The predicted octanol–water partition coefficient (Wildman–Crippen LogP) is 4.18. The van der Waals surface area contributed by atoms with E-state index in [1.807, 2.05) is 37.3 Å². The molecule has 1 aromatic heterocycles. The Morgan fingerprint density at radius 1 is 1.11 bits per heavy atom. The summed E-state index contributed by atoms with van der Waals surface area (Å²) in [7, 11) is 1.63. The molecule has 0 spiro atoms. The van der Waals surface area contributed by atoms with Gasteiger partial charge in [-0.25, -0.2) is 0 Å². The van der Waals surface area contributed by atoms with Crippen LogP contribution in [0.1, 0.15) is 75.2 Å². The van der Waals surface area contributed by atoms with Gasteiger partial charge in [0.2, 0.25) is 5.91 Å². The summed E-state index contributed by atoms with van der Waals surface area (Å²) in [5, 5.41) is 8.09. The Labute approximate surface area is 213 Å². The molecule has 1 saturated carbocycles. The summed E-state index contributed by atoms with van der Waals surface area (Å²) in [6, 6.07) is 9.62. The monoisotopic (exact) mass is 494 g/mol. The highest BCUT2D eigenvalue weighted by Crippen LogP contribution is 2.32. The number of methoxy groups -OCH3 is 1. The summed E-state index contributed by atoms with van der Waals surface area (Å²) < 4.78 is 12.9. The second-order valence-corrected chi connectivity index (χ2v) is 10.6. The topological polar surface area (TPSA) is 85.7 Å². The second kappa shape index (κ2) is 10.6. The first-order chi connectivity index (χ1) is 17.5. The molecule has 3 heterocycles. The van der Waals surface area contributed by atoms with Crippen molar-refractivity contribution in [1.29, 1.82) is 0 Å². The first kappa shape index (κ1) is 24.8. The number of nitrogens with zero attached hydrogens (tertiary/aromatic N) is 3. The Kier molecular flexibility index (Phi) is 7.32. The number of aromatic nitrogens is 2. The lowest BCUT2D eigenvalue weighted by molar-refractivity contribution is -0.134. The molecular weight excluding hydrogens is 456 g/mol. The maximum Gasteiger partial charge on any atom is 0.273 e. The van der Waals surface area contributed by atoms with Gasteiger partial charge in [0, 0.05) is 24.8 Å². The van der Waals surface area contributed by atoms with Crippen LogP contribution in [-0.4, -0.2) is 64.4 Å². The third-order valence-corrected chi connectivity index (χ3v) is 8.02. The van der Waals surface area contributed by atoms with Crippen molar-refractivity contribution >= 4 is 11.8 Å². The molecule has 2 amide bonds. The van der Waals surface area contributed by atoms with E-state index in [0.29, 0.717) is 31.1 Å². The molecule has 0 radical (unpaired) electrons. The van der Waals surface area contributed by atoms with E-state index >= 15 is 0 Å². The number of nitrogens with one attached hydrogen (secondary N) is 1. The first-order valence-electron chi connectivity index (χ1n) is 13.4. The molecule has 2 atom stereocenters. The Balaban J connectivity index is 1.43. The molecule has 8 heteroatoms. The minimum atomic E-state index is -1.04. The van der Waals surface area contributed by atoms with E-state index in [1.54, 1.807) is 16.7 Å². The van der Waals surface area contributed by atoms with Gasteiger partial charge in [-0.15, -0.1) is 0 Å². The summed E-state index contributed by atoms with van der Waals surface area (Å²) in [5.74, 6) is 0.505. The van der Waals surface area contributed by atoms with E-state index in [9.17, 15) is 9.59 Å². The predicted molar refractivity (Wildman–Crippen MR) is 137 cm³/mol. The molecule has 5 rings (SSSR count). The van der Waals surface area contributed by atoms with E-state index in [-0.39, 0.29) is 24.0 Å². The van der Waals surface area contributed by atoms with Crippen LogP contribution in [0.5, 0.6) is 5.75 Å². The molecule has 1 saturated heterocycles. The Morgan fingerprint density at radius 2 is 1.83 bits per heavy atom. The molecule has 2 fully saturated rings. The van der Waals surface area contributed by atoms with Gasteiger partial charge in [0.15, 0.2) is 0 Å². The van der Waals surface area contributed by atoms with E-state index in [4.69, 9.17) is 14.6 Å². The van der Waals surface area contributed by atoms with Gasteiger partial charge in [0.05, 0.1) is 25.5 Å². The molecule has 2 aromatic rings. The fraction of sp³-hybridized carbons (Fsp3) is 0.607. The number of carbonyl (C=O) groups is 2. The molecule has 2 aliphatic heterocycles. The second-order valence-electron chi connectivity index (χ2n) is 10.6. The maximum absolute atomic E-state index is 13.9. The first-order valence-corrected chi connectivity index (χ1v) is 13.4. The number of benzene rings is 1. The highest BCUT2D eigenvalue weighted by Gasteiger charge is 2.49. The average molecular weight is 495 g/mol. The van der Waals surface area contributed by atoms with Crippen molar-refractivity contribution in [3.63, 3.8) is 0 Å². The molecule has 8 nitrogen and oxygen atoms in total. The van der Waals surface area contributed by atoms with Crippen LogP contribution in [0, 0.1) is 0 Å². The van der Waals surface area contributed by atoms with Crippen molar-refractivity contribution in [1.82, 2.24) is 20.0 Å². The number of hydrogen-bond donors (Lipinski definition) is 1. The zero-order chi connectivity index (χ0) is 25.1. The van der Waals surface area contributed by atoms with Crippen LogP contribution in [0.3, 0.4) is 0 Å². The molecule has 1 aliphatic carbocycles. The molecule has 0 bridgehead atoms. The van der Waals surface area contributed by atoms with Crippen LogP contribution in [0.2, 0.25) is 0 Å². The highest BCUT2D eigenvalue weighted by atomic mass is 16.5. The molecule has 36 heavy (non-hydrogen) atoms. The Hall–Kier alpha value is -2.87. The van der Waals surface area contributed by atoms with E-state index < -0.39 is 5.54 Å². The fourth-order valence-electron chi connectivity index (χ4n) is 5.76. The van der Waals surface area contributed by atoms with Crippen LogP contribution < -0.4 is 10.1 Å². The lowest BCUT2D eigenvalue weighted by Gasteiger charge is -2.44. The summed E-state index contributed by atoms with van der Waals surface area (Å²) in [6.07, 6.45) is 9.82. The van der Waals surface area contributed by atoms with Gasteiger partial charge < -0.3 is 19.7 Å². The maximum atomic E-state index is 13.9. The van der Waals surface area contributed by atoms with Gasteiger partial charge in [0.25, 0.3) is 5.91 Å². The number of ether oxygens (including phenoxy) is 2. The van der Waals surface area contributed by atoms with Gasteiger partial charge in [-0.2, -0.15) is 5.10 Å². The average Bonchev–Trinajstić information content (AvgIpc) is 3.53. The van der Waals surface area contributed by atoms with Crippen molar-refractivity contribution in [3.05, 3.63) is 36.0 Å². The number of amides is 2. The largest absolute Gasteiger partial charge is 0.497 e. The third kappa shape index (κ3) is 5.01. The highest BCUT2D eigenvalue weighted by molar-refractivity contribution is 6.00. The van der Waals surface area contributed by atoms with Crippen molar-refractivity contribution in [2.75, 3.05) is 20.3 Å². The quantitative estimate of drug-likeness (QED) is 0.651. The van der Waals surface area contributed by atoms with Gasteiger partial charge in [0.1, 0.15) is 17.0 Å². The molecule has 3 aliphatic rings. The molecule has 1 aromatic carbocycles. The van der Waals surface area contributed by atoms with Gasteiger partial charge in [-0.1, -0.05) is 32.1 Å². The van der Waals surface area contributed by atoms with Gasteiger partial charge in [-0.3, -0.25) is 14.3 Å². The van der Waals surface area contributed by atoms with E-state index in [0.717, 1.165) is 49.8 Å². The lowest BCUT2D eigenvalue weighted by atomic mass is 9.92. The minimum absolute atomic E-state index is 0.0435. The number of carbonyl (C=O) groups excluding carboxylic acids is 2. The molecular formula is C28H38N4O4. The Bertz CT molecular complexity index is 1070.